The maximum absolute atomic E-state index is 6.13. The molecule has 1 saturated carbocycles. The third kappa shape index (κ3) is 2.58. The van der Waals surface area contributed by atoms with E-state index in [4.69, 9.17) is 34.8 Å². The number of alkyl halides is 1. The van der Waals surface area contributed by atoms with Crippen molar-refractivity contribution in [2.45, 2.75) is 38.1 Å². The fourth-order valence-corrected chi connectivity index (χ4v) is 3.17. The molecule has 1 aromatic carbocycles. The Balaban J connectivity index is 2.10. The van der Waals surface area contributed by atoms with Crippen LogP contribution in [0.3, 0.4) is 0 Å². The predicted molar refractivity (Wildman–Crippen MR) is 81.4 cm³/mol. The minimum atomic E-state index is 0.392. The van der Waals surface area contributed by atoms with Crippen LogP contribution < -0.4 is 0 Å². The molecule has 2 aromatic rings. The lowest BCUT2D eigenvalue weighted by atomic mass is 10.1. The lowest BCUT2D eigenvalue weighted by Gasteiger charge is -2.16. The highest BCUT2D eigenvalue weighted by atomic mass is 35.5. The number of rotatable bonds is 4. The van der Waals surface area contributed by atoms with Crippen molar-refractivity contribution in [1.29, 1.82) is 0 Å². The Labute approximate surface area is 127 Å². The van der Waals surface area contributed by atoms with E-state index in [0.29, 0.717) is 22.0 Å². The second-order valence-electron chi connectivity index (χ2n) is 5.31. The van der Waals surface area contributed by atoms with Crippen molar-refractivity contribution in [2.75, 3.05) is 0 Å². The first-order valence-electron chi connectivity index (χ1n) is 6.52. The molecule has 0 saturated heterocycles. The molecule has 1 fully saturated rings. The zero-order chi connectivity index (χ0) is 13.6. The van der Waals surface area contributed by atoms with Crippen molar-refractivity contribution in [3.63, 3.8) is 0 Å². The van der Waals surface area contributed by atoms with E-state index in [9.17, 15) is 0 Å². The molecule has 19 heavy (non-hydrogen) atoms. The fourth-order valence-electron chi connectivity index (χ4n) is 2.67. The van der Waals surface area contributed by atoms with Crippen LogP contribution >= 0.6 is 34.8 Å². The summed E-state index contributed by atoms with van der Waals surface area (Å²) < 4.78 is 2.21. The van der Waals surface area contributed by atoms with Crippen molar-refractivity contribution >= 4 is 45.8 Å². The Hall–Kier alpha value is -0.440. The second-order valence-corrected chi connectivity index (χ2v) is 6.40. The molecule has 5 heteroatoms. The van der Waals surface area contributed by atoms with Crippen LogP contribution in [-0.4, -0.2) is 9.55 Å². The molecule has 1 atom stereocenters. The van der Waals surface area contributed by atoms with Crippen LogP contribution in [-0.2, 0) is 5.88 Å². The maximum Gasteiger partial charge on any atom is 0.125 e. The molecule has 1 aliphatic rings. The van der Waals surface area contributed by atoms with E-state index >= 15 is 0 Å². The van der Waals surface area contributed by atoms with Crippen molar-refractivity contribution < 1.29 is 0 Å². The van der Waals surface area contributed by atoms with Gasteiger partial charge in [-0.2, -0.15) is 0 Å². The molecule has 1 aliphatic carbocycles. The molecular formula is C14H15Cl3N2. The van der Waals surface area contributed by atoms with Gasteiger partial charge in [0.1, 0.15) is 5.82 Å². The summed E-state index contributed by atoms with van der Waals surface area (Å²) in [6, 6.07) is 4.10. The summed E-state index contributed by atoms with van der Waals surface area (Å²) >= 11 is 18.2. The van der Waals surface area contributed by atoms with Gasteiger partial charge in [0, 0.05) is 6.04 Å². The molecule has 1 unspecified atom stereocenters. The van der Waals surface area contributed by atoms with Crippen LogP contribution in [0, 0.1) is 5.92 Å². The molecule has 102 valence electrons. The van der Waals surface area contributed by atoms with E-state index in [1.165, 1.54) is 19.3 Å². The number of benzene rings is 1. The topological polar surface area (TPSA) is 17.8 Å². The molecule has 1 heterocycles. The number of aromatic nitrogens is 2. The number of hydrogen-bond donors (Lipinski definition) is 0. The van der Waals surface area contributed by atoms with Crippen molar-refractivity contribution in [1.82, 2.24) is 9.55 Å². The van der Waals surface area contributed by atoms with E-state index in [1.807, 2.05) is 12.1 Å². The highest BCUT2D eigenvalue weighted by molar-refractivity contribution is 6.42. The standard InChI is InChI=1S/C14H15Cl3N2/c1-8(4-9-2-3-9)19-13-6-11(17)10(16)5-12(13)18-14(19)7-15/h5-6,8-9H,2-4,7H2,1H3. The van der Waals surface area contributed by atoms with Gasteiger partial charge in [0.05, 0.1) is 27.0 Å². The summed E-state index contributed by atoms with van der Waals surface area (Å²) in [7, 11) is 0. The van der Waals surface area contributed by atoms with E-state index in [0.717, 1.165) is 22.8 Å². The van der Waals surface area contributed by atoms with E-state index in [2.05, 4.69) is 16.5 Å². The van der Waals surface area contributed by atoms with Gasteiger partial charge in [-0.3, -0.25) is 0 Å². The molecular weight excluding hydrogens is 303 g/mol. The molecule has 0 amide bonds. The normalized spacial score (nSPS) is 17.1. The Morgan fingerprint density at radius 2 is 2.00 bits per heavy atom. The van der Waals surface area contributed by atoms with Crippen LogP contribution in [0.25, 0.3) is 11.0 Å². The van der Waals surface area contributed by atoms with Crippen LogP contribution in [0.1, 0.15) is 38.1 Å². The lowest BCUT2D eigenvalue weighted by Crippen LogP contribution is -2.09. The summed E-state index contributed by atoms with van der Waals surface area (Å²) in [5, 5.41) is 1.10. The molecule has 0 radical (unpaired) electrons. The van der Waals surface area contributed by atoms with Gasteiger partial charge < -0.3 is 4.57 Å². The SMILES string of the molecule is CC(CC1CC1)n1c(CCl)nc2cc(Cl)c(Cl)cc21. The van der Waals surface area contributed by atoms with E-state index < -0.39 is 0 Å². The number of imidazole rings is 1. The van der Waals surface area contributed by atoms with Gasteiger partial charge in [-0.05, 0) is 31.4 Å². The van der Waals surface area contributed by atoms with Crippen LogP contribution in [0.2, 0.25) is 10.0 Å². The third-order valence-electron chi connectivity index (χ3n) is 3.74. The second kappa shape index (κ2) is 5.16. The quantitative estimate of drug-likeness (QED) is 0.686. The Kier molecular flexibility index (Phi) is 3.67. The van der Waals surface area contributed by atoms with E-state index in [1.54, 1.807) is 0 Å². The van der Waals surface area contributed by atoms with Gasteiger partial charge >= 0.3 is 0 Å². The van der Waals surface area contributed by atoms with Crippen molar-refractivity contribution in [3.05, 3.63) is 28.0 Å². The van der Waals surface area contributed by atoms with Gasteiger partial charge in [0.2, 0.25) is 0 Å². The lowest BCUT2D eigenvalue weighted by molar-refractivity contribution is 0.477. The van der Waals surface area contributed by atoms with Crippen molar-refractivity contribution in [3.8, 4) is 0 Å². The highest BCUT2D eigenvalue weighted by Crippen LogP contribution is 2.39. The molecule has 0 spiro atoms. The number of hydrogen-bond acceptors (Lipinski definition) is 1. The molecule has 1 aromatic heterocycles. The van der Waals surface area contributed by atoms with Gasteiger partial charge in [-0.15, -0.1) is 11.6 Å². The number of fused-ring (bicyclic) bond motifs is 1. The molecule has 0 bridgehead atoms. The summed E-state index contributed by atoms with van der Waals surface area (Å²) in [6.07, 6.45) is 3.87. The minimum absolute atomic E-state index is 0.392. The zero-order valence-corrected chi connectivity index (χ0v) is 12.9. The summed E-state index contributed by atoms with van der Waals surface area (Å²) in [4.78, 5) is 4.57. The van der Waals surface area contributed by atoms with Gasteiger partial charge in [-0.1, -0.05) is 36.0 Å². The third-order valence-corrected chi connectivity index (χ3v) is 4.70. The average molecular weight is 318 g/mol. The number of halogens is 3. The van der Waals surface area contributed by atoms with Crippen molar-refractivity contribution in [2.24, 2.45) is 5.92 Å². The van der Waals surface area contributed by atoms with Crippen LogP contribution in [0.15, 0.2) is 12.1 Å². The van der Waals surface area contributed by atoms with E-state index in [-0.39, 0.29) is 0 Å². The van der Waals surface area contributed by atoms with Crippen LogP contribution in [0.5, 0.6) is 0 Å². The smallest absolute Gasteiger partial charge is 0.125 e. The maximum atomic E-state index is 6.13. The van der Waals surface area contributed by atoms with Gasteiger partial charge in [0.15, 0.2) is 0 Å². The Morgan fingerprint density at radius 3 is 2.63 bits per heavy atom. The molecule has 0 N–H and O–H groups in total. The van der Waals surface area contributed by atoms with Gasteiger partial charge in [0.25, 0.3) is 0 Å². The zero-order valence-electron chi connectivity index (χ0n) is 10.7. The average Bonchev–Trinajstić information content (AvgIpc) is 3.10. The number of nitrogens with zero attached hydrogens (tertiary/aromatic N) is 2. The molecule has 3 rings (SSSR count). The fraction of sp³-hybridized carbons (Fsp3) is 0.500. The minimum Gasteiger partial charge on any atom is -0.324 e. The highest BCUT2D eigenvalue weighted by Gasteiger charge is 2.26. The first-order valence-corrected chi connectivity index (χ1v) is 7.81. The van der Waals surface area contributed by atoms with Crippen LogP contribution in [0.4, 0.5) is 0 Å². The predicted octanol–water partition coefficient (Wildman–Crippen LogP) is 5.44. The first-order chi connectivity index (χ1) is 9.10. The Morgan fingerprint density at radius 1 is 1.32 bits per heavy atom. The summed E-state index contributed by atoms with van der Waals surface area (Å²) in [5.41, 5.74) is 1.89. The largest absolute Gasteiger partial charge is 0.324 e. The molecule has 2 nitrogen and oxygen atoms in total. The molecule has 0 aliphatic heterocycles. The summed E-state index contributed by atoms with van der Waals surface area (Å²) in [5.74, 6) is 2.15. The first kappa shape index (κ1) is 13.5. The monoisotopic (exact) mass is 316 g/mol. The van der Waals surface area contributed by atoms with Gasteiger partial charge in [-0.25, -0.2) is 4.98 Å². The summed E-state index contributed by atoms with van der Waals surface area (Å²) in [6.45, 7) is 2.22. The Bertz CT molecular complexity index is 617.